The van der Waals surface area contributed by atoms with Gasteiger partial charge in [-0.3, -0.25) is 0 Å². The predicted octanol–water partition coefficient (Wildman–Crippen LogP) is 3.29. The van der Waals surface area contributed by atoms with Gasteiger partial charge in [-0.1, -0.05) is 20.8 Å². The van der Waals surface area contributed by atoms with Crippen LogP contribution in [0.4, 0.5) is 0 Å². The lowest BCUT2D eigenvalue weighted by molar-refractivity contribution is -0.0453. The molecule has 4 nitrogen and oxygen atoms in total. The molecule has 0 N–H and O–H groups in total. The van der Waals surface area contributed by atoms with Crippen LogP contribution in [-0.4, -0.2) is 51.8 Å². The van der Waals surface area contributed by atoms with Crippen molar-refractivity contribution in [1.82, 2.24) is 0 Å². The van der Waals surface area contributed by atoms with E-state index in [9.17, 15) is 0 Å². The molecule has 0 radical (unpaired) electrons. The molecule has 0 aromatic carbocycles. The summed E-state index contributed by atoms with van der Waals surface area (Å²) in [5, 5.41) is 0. The van der Waals surface area contributed by atoms with Crippen molar-refractivity contribution in [2.45, 2.75) is 53.6 Å². The van der Waals surface area contributed by atoms with Gasteiger partial charge < -0.3 is 18.9 Å². The van der Waals surface area contributed by atoms with E-state index < -0.39 is 0 Å². The van der Waals surface area contributed by atoms with Crippen molar-refractivity contribution in [3.8, 4) is 0 Å². The first-order valence-corrected chi connectivity index (χ1v) is 7.58. The summed E-state index contributed by atoms with van der Waals surface area (Å²) in [6.07, 6.45) is 1.07. The number of rotatable bonds is 11. The Labute approximate surface area is 125 Å². The van der Waals surface area contributed by atoms with Gasteiger partial charge in [0.05, 0.1) is 45.2 Å². The molecule has 0 saturated heterocycles. The summed E-state index contributed by atoms with van der Waals surface area (Å²) in [6.45, 7) is 17.3. The first kappa shape index (κ1) is 19.8. The summed E-state index contributed by atoms with van der Waals surface area (Å²) < 4.78 is 21.9. The minimum Gasteiger partial charge on any atom is -0.379 e. The maximum absolute atomic E-state index is 5.54. The van der Waals surface area contributed by atoms with Gasteiger partial charge in [0, 0.05) is 6.61 Å². The summed E-state index contributed by atoms with van der Waals surface area (Å²) >= 11 is 0. The number of hydrogen-bond acceptors (Lipinski definition) is 4. The van der Waals surface area contributed by atoms with Crippen LogP contribution in [0.5, 0.6) is 0 Å². The van der Waals surface area contributed by atoms with E-state index in [1.54, 1.807) is 0 Å². The van der Waals surface area contributed by atoms with Gasteiger partial charge in [0.25, 0.3) is 0 Å². The molecule has 20 heavy (non-hydrogen) atoms. The highest BCUT2D eigenvalue weighted by molar-refractivity contribution is 4.59. The molecular formula is C16H34O4. The fraction of sp³-hybridized carbons (Fsp3) is 1.00. The monoisotopic (exact) mass is 290 g/mol. The summed E-state index contributed by atoms with van der Waals surface area (Å²) in [4.78, 5) is 0. The average Bonchev–Trinajstić information content (AvgIpc) is 2.27. The summed E-state index contributed by atoms with van der Waals surface area (Å²) in [7, 11) is 0. The molecule has 0 aliphatic heterocycles. The minimum atomic E-state index is -0.0930. The van der Waals surface area contributed by atoms with Crippen LogP contribution in [0.15, 0.2) is 0 Å². The lowest BCUT2D eigenvalue weighted by Crippen LogP contribution is -2.22. The van der Waals surface area contributed by atoms with Gasteiger partial charge >= 0.3 is 0 Å². The number of ether oxygens (including phenoxy) is 4. The van der Waals surface area contributed by atoms with Crippen LogP contribution < -0.4 is 0 Å². The third kappa shape index (κ3) is 17.8. The normalized spacial score (nSPS) is 12.9. The molecule has 0 unspecified atom stereocenters. The highest BCUT2D eigenvalue weighted by Crippen LogP contribution is 2.17. The molecule has 0 aliphatic carbocycles. The molecule has 0 aliphatic rings. The summed E-state index contributed by atoms with van der Waals surface area (Å²) in [5.74, 6) is 0. The van der Waals surface area contributed by atoms with Crippen molar-refractivity contribution in [2.75, 3.05) is 46.2 Å². The first-order chi connectivity index (χ1) is 9.21. The van der Waals surface area contributed by atoms with Crippen LogP contribution in [0, 0.1) is 5.41 Å². The van der Waals surface area contributed by atoms with Crippen molar-refractivity contribution in [3.05, 3.63) is 0 Å². The molecule has 0 spiro atoms. The van der Waals surface area contributed by atoms with E-state index in [0.29, 0.717) is 45.1 Å². The van der Waals surface area contributed by atoms with Crippen LogP contribution in [-0.2, 0) is 18.9 Å². The van der Waals surface area contributed by atoms with Crippen LogP contribution in [0.1, 0.15) is 48.0 Å². The zero-order chi connectivity index (χ0) is 15.5. The topological polar surface area (TPSA) is 36.9 Å². The Hall–Kier alpha value is -0.160. The molecule has 4 heteroatoms. The molecule has 0 aromatic heterocycles. The summed E-state index contributed by atoms with van der Waals surface area (Å²) in [6, 6.07) is 0. The van der Waals surface area contributed by atoms with E-state index in [2.05, 4.69) is 20.8 Å². The second-order valence-corrected chi connectivity index (χ2v) is 7.11. The Morgan fingerprint density at radius 3 is 1.35 bits per heavy atom. The van der Waals surface area contributed by atoms with Gasteiger partial charge in [-0.2, -0.15) is 0 Å². The largest absolute Gasteiger partial charge is 0.379 e. The number of hydrogen-bond donors (Lipinski definition) is 0. The molecule has 0 bridgehead atoms. The van der Waals surface area contributed by atoms with E-state index >= 15 is 0 Å². The van der Waals surface area contributed by atoms with Crippen molar-refractivity contribution >= 4 is 0 Å². The van der Waals surface area contributed by atoms with Crippen molar-refractivity contribution in [1.29, 1.82) is 0 Å². The zero-order valence-electron chi connectivity index (χ0n) is 14.3. The first-order valence-electron chi connectivity index (χ1n) is 7.58. The Morgan fingerprint density at radius 1 is 0.550 bits per heavy atom. The lowest BCUT2D eigenvalue weighted by Gasteiger charge is -2.19. The fourth-order valence-electron chi connectivity index (χ4n) is 1.33. The Balaban J connectivity index is 3.10. The van der Waals surface area contributed by atoms with Gasteiger partial charge in [0.2, 0.25) is 0 Å². The van der Waals surface area contributed by atoms with Gasteiger partial charge in [-0.25, -0.2) is 0 Å². The SMILES string of the molecule is CC(C)(C)CCOCCOCCOCCOC(C)(C)C. The fourth-order valence-corrected chi connectivity index (χ4v) is 1.33. The third-order valence-electron chi connectivity index (χ3n) is 2.50. The van der Waals surface area contributed by atoms with Crippen LogP contribution >= 0.6 is 0 Å². The molecule has 0 rings (SSSR count). The van der Waals surface area contributed by atoms with Gasteiger partial charge in [-0.15, -0.1) is 0 Å². The van der Waals surface area contributed by atoms with Crippen molar-refractivity contribution < 1.29 is 18.9 Å². The molecule has 122 valence electrons. The quantitative estimate of drug-likeness (QED) is 0.547. The van der Waals surface area contributed by atoms with E-state index in [1.165, 1.54) is 0 Å². The van der Waals surface area contributed by atoms with Crippen LogP contribution in [0.3, 0.4) is 0 Å². The maximum atomic E-state index is 5.54. The molecule has 0 amide bonds. The van der Waals surface area contributed by atoms with Gasteiger partial charge in [0.1, 0.15) is 0 Å². The second-order valence-electron chi connectivity index (χ2n) is 7.11. The lowest BCUT2D eigenvalue weighted by atomic mass is 9.93. The Bertz CT molecular complexity index is 191. The molecule has 0 saturated carbocycles. The minimum absolute atomic E-state index is 0.0930. The standard InChI is InChI=1S/C16H34O4/c1-15(2,3)7-8-17-9-10-18-11-12-19-13-14-20-16(4,5)6/h7-14H2,1-6H3. The highest BCUT2D eigenvalue weighted by atomic mass is 16.6. The van der Waals surface area contributed by atoms with E-state index in [1.807, 2.05) is 20.8 Å². The van der Waals surface area contributed by atoms with Gasteiger partial charge in [0.15, 0.2) is 0 Å². The van der Waals surface area contributed by atoms with E-state index in [4.69, 9.17) is 18.9 Å². The Morgan fingerprint density at radius 2 is 0.950 bits per heavy atom. The zero-order valence-corrected chi connectivity index (χ0v) is 14.3. The van der Waals surface area contributed by atoms with E-state index in [-0.39, 0.29) is 5.60 Å². The average molecular weight is 290 g/mol. The second kappa shape index (κ2) is 10.6. The molecule has 0 atom stereocenters. The van der Waals surface area contributed by atoms with Gasteiger partial charge in [-0.05, 0) is 32.6 Å². The van der Waals surface area contributed by atoms with Crippen LogP contribution in [0.2, 0.25) is 0 Å². The van der Waals surface area contributed by atoms with Crippen molar-refractivity contribution in [2.24, 2.45) is 5.41 Å². The molecule has 0 fully saturated rings. The smallest absolute Gasteiger partial charge is 0.0707 e. The Kier molecular flexibility index (Phi) is 10.5. The predicted molar refractivity (Wildman–Crippen MR) is 82.2 cm³/mol. The van der Waals surface area contributed by atoms with E-state index in [0.717, 1.165) is 13.0 Å². The molecular weight excluding hydrogens is 256 g/mol. The maximum Gasteiger partial charge on any atom is 0.0707 e. The van der Waals surface area contributed by atoms with Crippen LogP contribution in [0.25, 0.3) is 0 Å². The summed E-state index contributed by atoms with van der Waals surface area (Å²) in [5.41, 5.74) is 0.244. The third-order valence-corrected chi connectivity index (χ3v) is 2.50. The highest BCUT2D eigenvalue weighted by Gasteiger charge is 2.09. The molecule has 0 heterocycles. The molecule has 0 aromatic rings. The van der Waals surface area contributed by atoms with Crippen molar-refractivity contribution in [3.63, 3.8) is 0 Å².